The Kier molecular flexibility index (Phi) is 4.54. The van der Waals surface area contributed by atoms with E-state index >= 15 is 0 Å². The molecule has 0 unspecified atom stereocenters. The highest BCUT2D eigenvalue weighted by Crippen LogP contribution is 2.31. The zero-order valence-electron chi connectivity index (χ0n) is 11.7. The van der Waals surface area contributed by atoms with Gasteiger partial charge >= 0.3 is 6.61 Å². The number of ether oxygens (including phenoxy) is 1. The van der Waals surface area contributed by atoms with Crippen LogP contribution < -0.4 is 15.8 Å². The number of nitrogens with zero attached hydrogens (tertiary/aromatic N) is 3. The third kappa shape index (κ3) is 3.85. The maximum absolute atomic E-state index is 12.6. The molecule has 1 aliphatic rings. The standard InChI is InChI=1S/C14H12ClF2N5O/c15-11-3-1-2-10(5-11)12-4-9(7-22-8-19-20-21-22)6-18-13(12)23-14(16)17/h1-6,8,14,20-21H,7H2. The van der Waals surface area contributed by atoms with E-state index in [0.29, 0.717) is 22.7 Å². The van der Waals surface area contributed by atoms with Gasteiger partial charge < -0.3 is 4.74 Å². The lowest BCUT2D eigenvalue weighted by Crippen LogP contribution is -2.36. The van der Waals surface area contributed by atoms with Crippen molar-refractivity contribution >= 4 is 17.9 Å². The Bertz CT molecular complexity index is 728. The number of hydrazine groups is 2. The maximum Gasteiger partial charge on any atom is 0.388 e. The fraction of sp³-hybridized carbons (Fsp3) is 0.143. The molecule has 0 spiro atoms. The zero-order valence-corrected chi connectivity index (χ0v) is 12.5. The molecule has 2 heterocycles. The van der Waals surface area contributed by atoms with Crippen molar-refractivity contribution in [3.63, 3.8) is 0 Å². The van der Waals surface area contributed by atoms with E-state index in [2.05, 4.69) is 25.9 Å². The second kappa shape index (κ2) is 6.76. The second-order valence-electron chi connectivity index (χ2n) is 4.68. The first kappa shape index (κ1) is 15.4. The summed E-state index contributed by atoms with van der Waals surface area (Å²) < 4.78 is 29.7. The summed E-state index contributed by atoms with van der Waals surface area (Å²) in [4.78, 5) is 4.00. The monoisotopic (exact) mass is 339 g/mol. The minimum Gasteiger partial charge on any atom is -0.416 e. The Morgan fingerprint density at radius 1 is 1.30 bits per heavy atom. The first-order valence-corrected chi connectivity index (χ1v) is 7.00. The summed E-state index contributed by atoms with van der Waals surface area (Å²) in [6.07, 6.45) is 3.03. The van der Waals surface area contributed by atoms with Crippen molar-refractivity contribution < 1.29 is 13.5 Å². The molecule has 23 heavy (non-hydrogen) atoms. The quantitative estimate of drug-likeness (QED) is 0.877. The van der Waals surface area contributed by atoms with E-state index in [-0.39, 0.29) is 5.88 Å². The topological polar surface area (TPSA) is 61.8 Å². The molecule has 1 aliphatic heterocycles. The number of nitrogens with one attached hydrogen (secondary N) is 2. The predicted octanol–water partition coefficient (Wildman–Crippen LogP) is 2.77. The van der Waals surface area contributed by atoms with E-state index in [4.69, 9.17) is 11.6 Å². The van der Waals surface area contributed by atoms with Gasteiger partial charge in [0.05, 0.1) is 6.54 Å². The minimum absolute atomic E-state index is 0.146. The Morgan fingerprint density at radius 2 is 2.17 bits per heavy atom. The Hall–Kier alpha value is -2.45. The van der Waals surface area contributed by atoms with Gasteiger partial charge in [0.15, 0.2) is 0 Å². The molecular formula is C14H12ClF2N5O. The number of alkyl halides is 2. The number of halogens is 3. The smallest absolute Gasteiger partial charge is 0.388 e. The van der Waals surface area contributed by atoms with E-state index in [0.717, 1.165) is 5.56 Å². The first-order valence-electron chi connectivity index (χ1n) is 6.62. The lowest BCUT2D eigenvalue weighted by molar-refractivity contribution is -0.0524. The third-order valence-corrected chi connectivity index (χ3v) is 3.29. The van der Waals surface area contributed by atoms with Crippen LogP contribution in [0.5, 0.6) is 5.88 Å². The van der Waals surface area contributed by atoms with Crippen molar-refractivity contribution in [2.45, 2.75) is 13.2 Å². The van der Waals surface area contributed by atoms with Crippen molar-refractivity contribution in [1.29, 1.82) is 0 Å². The van der Waals surface area contributed by atoms with Crippen LogP contribution in [0.4, 0.5) is 8.78 Å². The molecule has 1 aromatic heterocycles. The van der Waals surface area contributed by atoms with Gasteiger partial charge in [-0.1, -0.05) is 23.7 Å². The van der Waals surface area contributed by atoms with Gasteiger partial charge in [0.1, 0.15) is 6.34 Å². The van der Waals surface area contributed by atoms with Gasteiger partial charge in [-0.2, -0.15) is 13.9 Å². The number of hydrazone groups is 1. The molecule has 6 nitrogen and oxygen atoms in total. The third-order valence-electron chi connectivity index (χ3n) is 3.05. The molecule has 0 saturated heterocycles. The van der Waals surface area contributed by atoms with Crippen LogP contribution in [0.25, 0.3) is 11.1 Å². The van der Waals surface area contributed by atoms with Crippen LogP contribution in [0, 0.1) is 0 Å². The van der Waals surface area contributed by atoms with Crippen LogP contribution in [-0.2, 0) is 6.54 Å². The summed E-state index contributed by atoms with van der Waals surface area (Å²) in [7, 11) is 0. The summed E-state index contributed by atoms with van der Waals surface area (Å²) in [5.41, 5.74) is 7.21. The average molecular weight is 340 g/mol. The highest BCUT2D eigenvalue weighted by atomic mass is 35.5. The molecule has 120 valence electrons. The number of pyridine rings is 1. The molecular weight excluding hydrogens is 328 g/mol. The molecule has 0 atom stereocenters. The van der Waals surface area contributed by atoms with Gasteiger partial charge in [0.2, 0.25) is 5.88 Å². The van der Waals surface area contributed by atoms with E-state index in [1.165, 1.54) is 6.20 Å². The summed E-state index contributed by atoms with van der Waals surface area (Å²) in [6.45, 7) is -2.52. The average Bonchev–Trinajstić information content (AvgIpc) is 3.01. The van der Waals surface area contributed by atoms with Crippen LogP contribution in [0.3, 0.4) is 0 Å². The molecule has 2 N–H and O–H groups in total. The van der Waals surface area contributed by atoms with E-state index in [9.17, 15) is 8.78 Å². The van der Waals surface area contributed by atoms with Crippen LogP contribution in [0.15, 0.2) is 41.6 Å². The summed E-state index contributed by atoms with van der Waals surface area (Å²) in [5.74, 6) is -0.146. The second-order valence-corrected chi connectivity index (χ2v) is 5.12. The molecule has 3 rings (SSSR count). The number of aromatic nitrogens is 1. The molecule has 0 radical (unpaired) electrons. The summed E-state index contributed by atoms with van der Waals surface area (Å²) in [6, 6.07) is 8.57. The van der Waals surface area contributed by atoms with Crippen LogP contribution in [0.1, 0.15) is 5.56 Å². The predicted molar refractivity (Wildman–Crippen MR) is 81.6 cm³/mol. The number of hydrogen-bond donors (Lipinski definition) is 2. The fourth-order valence-electron chi connectivity index (χ4n) is 2.12. The number of hydrogen-bond acceptors (Lipinski definition) is 6. The number of rotatable bonds is 5. The van der Waals surface area contributed by atoms with Crippen molar-refractivity contribution in [2.75, 3.05) is 0 Å². The van der Waals surface area contributed by atoms with Gasteiger partial charge in [0.25, 0.3) is 0 Å². The molecule has 9 heteroatoms. The van der Waals surface area contributed by atoms with Crippen molar-refractivity contribution in [3.05, 3.63) is 47.1 Å². The van der Waals surface area contributed by atoms with Gasteiger partial charge in [-0.3, -0.25) is 5.01 Å². The molecule has 1 aromatic carbocycles. The molecule has 2 aromatic rings. The largest absolute Gasteiger partial charge is 0.416 e. The van der Waals surface area contributed by atoms with Crippen molar-refractivity contribution in [1.82, 2.24) is 21.1 Å². The lowest BCUT2D eigenvalue weighted by atomic mass is 10.1. The van der Waals surface area contributed by atoms with Gasteiger partial charge in [-0.05, 0) is 29.3 Å². The molecule has 0 bridgehead atoms. The minimum atomic E-state index is -2.96. The Balaban J connectivity index is 1.96. The van der Waals surface area contributed by atoms with E-state index in [1.807, 2.05) is 0 Å². The highest BCUT2D eigenvalue weighted by Gasteiger charge is 2.15. The van der Waals surface area contributed by atoms with Gasteiger partial charge in [-0.15, -0.1) is 5.53 Å². The van der Waals surface area contributed by atoms with E-state index < -0.39 is 6.61 Å². The van der Waals surface area contributed by atoms with Crippen LogP contribution >= 0.6 is 11.6 Å². The Labute approximate surface area is 135 Å². The maximum atomic E-state index is 12.6. The normalized spacial score (nSPS) is 13.5. The molecule has 0 aliphatic carbocycles. The SMILES string of the molecule is FC(F)Oc1ncc(CN2C=NNN2)cc1-c1cccc(Cl)c1. The summed E-state index contributed by atoms with van der Waals surface area (Å²) in [5, 5.41) is 5.96. The van der Waals surface area contributed by atoms with Gasteiger partial charge in [0, 0.05) is 16.8 Å². The fourth-order valence-corrected chi connectivity index (χ4v) is 2.31. The Morgan fingerprint density at radius 3 is 2.87 bits per heavy atom. The first-order chi connectivity index (χ1) is 11.1. The van der Waals surface area contributed by atoms with Crippen LogP contribution in [0.2, 0.25) is 5.02 Å². The zero-order chi connectivity index (χ0) is 16.2. The summed E-state index contributed by atoms with van der Waals surface area (Å²) >= 11 is 5.98. The highest BCUT2D eigenvalue weighted by molar-refractivity contribution is 6.30. The van der Waals surface area contributed by atoms with Crippen LogP contribution in [-0.4, -0.2) is 22.9 Å². The van der Waals surface area contributed by atoms with Gasteiger partial charge in [-0.25, -0.2) is 10.5 Å². The molecule has 0 fully saturated rings. The number of benzene rings is 1. The van der Waals surface area contributed by atoms with E-state index in [1.54, 1.807) is 41.7 Å². The molecule has 0 saturated carbocycles. The molecule has 0 amide bonds. The lowest BCUT2D eigenvalue weighted by Gasteiger charge is -2.15. The van der Waals surface area contributed by atoms with Crippen molar-refractivity contribution in [2.24, 2.45) is 5.10 Å². The van der Waals surface area contributed by atoms with Crippen molar-refractivity contribution in [3.8, 4) is 17.0 Å².